The largest absolute Gasteiger partial charge is 0.491 e. The number of aliphatic hydroxyl groups is 1. The molecule has 5 heteroatoms. The Morgan fingerprint density at radius 2 is 1.96 bits per heavy atom. The fourth-order valence-electron chi connectivity index (χ4n) is 2.49. The maximum atomic E-state index is 11.2. The van der Waals surface area contributed by atoms with Gasteiger partial charge in [-0.15, -0.1) is 0 Å². The quantitative estimate of drug-likeness (QED) is 0.794. The van der Waals surface area contributed by atoms with E-state index in [1.165, 1.54) is 0 Å². The maximum absolute atomic E-state index is 11.2. The second-order valence-electron chi connectivity index (χ2n) is 7.93. The minimum atomic E-state index is -0.893. The number of fused-ring (bicyclic) bond motifs is 1. The van der Waals surface area contributed by atoms with E-state index >= 15 is 0 Å². The number of ether oxygens (including phenoxy) is 1. The molecule has 3 N–H and O–H groups in total. The first-order chi connectivity index (χ1) is 10.5. The van der Waals surface area contributed by atoms with Gasteiger partial charge < -0.3 is 20.3 Å². The lowest BCUT2D eigenvalue weighted by molar-refractivity contribution is -0.146. The van der Waals surface area contributed by atoms with Crippen LogP contribution in [0.1, 0.15) is 51.8 Å². The van der Waals surface area contributed by atoms with Gasteiger partial charge in [-0.05, 0) is 30.9 Å². The van der Waals surface area contributed by atoms with Crippen molar-refractivity contribution in [3.8, 4) is 5.75 Å². The van der Waals surface area contributed by atoms with Crippen LogP contribution in [-0.4, -0.2) is 35.4 Å². The van der Waals surface area contributed by atoms with Gasteiger partial charge in [0.1, 0.15) is 18.5 Å². The van der Waals surface area contributed by atoms with Gasteiger partial charge in [-0.1, -0.05) is 32.9 Å². The molecule has 0 bridgehead atoms. The van der Waals surface area contributed by atoms with E-state index in [1.54, 1.807) is 13.8 Å². The molecule has 0 fully saturated rings. The summed E-state index contributed by atoms with van der Waals surface area (Å²) in [6.45, 7) is 10.3. The first-order valence-electron chi connectivity index (χ1n) is 7.94. The predicted octanol–water partition coefficient (Wildman–Crippen LogP) is 2.48. The Morgan fingerprint density at radius 3 is 2.52 bits per heavy atom. The Balaban J connectivity index is 2.12. The van der Waals surface area contributed by atoms with Gasteiger partial charge in [-0.25, -0.2) is 0 Å². The van der Waals surface area contributed by atoms with Crippen LogP contribution >= 0.6 is 0 Å². The average Bonchev–Trinajstić information content (AvgIpc) is 2.45. The lowest BCUT2D eigenvalue weighted by Gasteiger charge is -2.34. The SMILES string of the molecule is CC(C)(CN[C@@H]1COc2cc(C(C)(C)C)ccc2[C@@H]1O)C(=O)O. The zero-order valence-corrected chi connectivity index (χ0v) is 14.5. The Hall–Kier alpha value is -1.59. The highest BCUT2D eigenvalue weighted by Gasteiger charge is 2.33. The number of hydrogen-bond acceptors (Lipinski definition) is 4. The van der Waals surface area contributed by atoms with E-state index in [1.807, 2.05) is 18.2 Å². The van der Waals surface area contributed by atoms with Gasteiger partial charge in [-0.3, -0.25) is 4.79 Å². The van der Waals surface area contributed by atoms with E-state index in [0.717, 1.165) is 11.1 Å². The number of nitrogens with one attached hydrogen (secondary N) is 1. The number of aliphatic carboxylic acids is 1. The van der Waals surface area contributed by atoms with Gasteiger partial charge >= 0.3 is 5.97 Å². The van der Waals surface area contributed by atoms with Crippen LogP contribution in [-0.2, 0) is 10.2 Å². The van der Waals surface area contributed by atoms with Crippen molar-refractivity contribution in [3.05, 3.63) is 29.3 Å². The Bertz CT molecular complexity index is 589. The van der Waals surface area contributed by atoms with Gasteiger partial charge in [0.05, 0.1) is 11.5 Å². The van der Waals surface area contributed by atoms with E-state index in [9.17, 15) is 9.90 Å². The molecule has 2 rings (SSSR count). The van der Waals surface area contributed by atoms with Gasteiger partial charge in [-0.2, -0.15) is 0 Å². The van der Waals surface area contributed by atoms with Crippen molar-refractivity contribution in [1.82, 2.24) is 5.32 Å². The minimum absolute atomic E-state index is 0.0178. The molecule has 0 aromatic heterocycles. The molecule has 2 atom stereocenters. The molecular weight excluding hydrogens is 294 g/mol. The lowest BCUT2D eigenvalue weighted by Crippen LogP contribution is -2.47. The lowest BCUT2D eigenvalue weighted by atomic mass is 9.85. The summed E-state index contributed by atoms with van der Waals surface area (Å²) < 4.78 is 5.80. The molecule has 1 heterocycles. The molecular formula is C18H27NO4. The van der Waals surface area contributed by atoms with Crippen molar-refractivity contribution < 1.29 is 19.7 Å². The van der Waals surface area contributed by atoms with E-state index in [0.29, 0.717) is 12.4 Å². The summed E-state index contributed by atoms with van der Waals surface area (Å²) in [6, 6.07) is 5.57. The third-order valence-corrected chi connectivity index (χ3v) is 4.38. The minimum Gasteiger partial charge on any atom is -0.491 e. The number of rotatable bonds is 4. The molecule has 0 saturated heterocycles. The van der Waals surface area contributed by atoms with E-state index in [2.05, 4.69) is 26.1 Å². The number of carboxylic acid groups (broad SMARTS) is 1. The number of carboxylic acids is 1. The Labute approximate surface area is 137 Å². The molecule has 0 amide bonds. The van der Waals surface area contributed by atoms with Gasteiger partial charge in [0.15, 0.2) is 0 Å². The molecule has 1 aromatic carbocycles. The molecule has 23 heavy (non-hydrogen) atoms. The molecule has 0 spiro atoms. The fourth-order valence-corrected chi connectivity index (χ4v) is 2.49. The summed E-state index contributed by atoms with van der Waals surface area (Å²) in [5.41, 5.74) is 1.02. The number of carbonyl (C=O) groups is 1. The predicted molar refractivity (Wildman–Crippen MR) is 88.8 cm³/mol. The van der Waals surface area contributed by atoms with Crippen molar-refractivity contribution in [2.75, 3.05) is 13.2 Å². The van der Waals surface area contributed by atoms with Crippen LogP contribution in [0.25, 0.3) is 0 Å². The van der Waals surface area contributed by atoms with Crippen molar-refractivity contribution in [2.24, 2.45) is 5.41 Å². The van der Waals surface area contributed by atoms with Crippen LogP contribution in [0, 0.1) is 5.41 Å². The summed E-state index contributed by atoms with van der Waals surface area (Å²) >= 11 is 0. The highest BCUT2D eigenvalue weighted by Crippen LogP contribution is 2.36. The van der Waals surface area contributed by atoms with Gasteiger partial charge in [0.25, 0.3) is 0 Å². The smallest absolute Gasteiger partial charge is 0.310 e. The highest BCUT2D eigenvalue weighted by atomic mass is 16.5. The summed E-state index contributed by atoms with van der Waals surface area (Å²) in [6.07, 6.45) is -0.711. The zero-order chi connectivity index (χ0) is 17.4. The van der Waals surface area contributed by atoms with Crippen molar-refractivity contribution in [2.45, 2.75) is 52.2 Å². The summed E-state index contributed by atoms with van der Waals surface area (Å²) in [4.78, 5) is 11.2. The summed E-state index contributed by atoms with van der Waals surface area (Å²) in [5, 5.41) is 22.9. The molecule has 1 aromatic rings. The number of benzene rings is 1. The first kappa shape index (κ1) is 17.8. The third kappa shape index (κ3) is 3.85. The summed E-state index contributed by atoms with van der Waals surface area (Å²) in [7, 11) is 0. The van der Waals surface area contributed by atoms with Crippen LogP contribution in [0.3, 0.4) is 0 Å². The Kier molecular flexibility index (Phi) is 4.74. The van der Waals surface area contributed by atoms with Crippen molar-refractivity contribution >= 4 is 5.97 Å². The molecule has 1 aliphatic rings. The number of aliphatic hydroxyl groups excluding tert-OH is 1. The molecule has 128 valence electrons. The van der Waals surface area contributed by atoms with E-state index in [4.69, 9.17) is 9.84 Å². The molecule has 0 aliphatic carbocycles. The summed E-state index contributed by atoms with van der Waals surface area (Å²) in [5.74, 6) is -0.160. The van der Waals surface area contributed by atoms with Crippen LogP contribution in [0.5, 0.6) is 5.75 Å². The maximum Gasteiger partial charge on any atom is 0.310 e. The molecule has 0 unspecified atom stereocenters. The first-order valence-corrected chi connectivity index (χ1v) is 7.94. The topological polar surface area (TPSA) is 78.8 Å². The standard InChI is InChI=1S/C18H27NO4/c1-17(2,3)11-6-7-12-14(8-11)23-9-13(15(12)20)19-10-18(4,5)16(21)22/h6-8,13,15,19-20H,9-10H2,1-5H3,(H,21,22)/t13-,15+/m1/s1. The van der Waals surface area contributed by atoms with E-state index in [-0.39, 0.29) is 18.0 Å². The van der Waals surface area contributed by atoms with Crippen LogP contribution in [0.4, 0.5) is 0 Å². The average molecular weight is 321 g/mol. The van der Waals surface area contributed by atoms with E-state index < -0.39 is 17.5 Å². The monoisotopic (exact) mass is 321 g/mol. The number of hydrogen-bond donors (Lipinski definition) is 3. The van der Waals surface area contributed by atoms with Crippen molar-refractivity contribution in [1.29, 1.82) is 0 Å². The second-order valence-corrected chi connectivity index (χ2v) is 7.93. The second kappa shape index (κ2) is 6.13. The van der Waals surface area contributed by atoms with Crippen molar-refractivity contribution in [3.63, 3.8) is 0 Å². The third-order valence-electron chi connectivity index (χ3n) is 4.38. The molecule has 5 nitrogen and oxygen atoms in total. The Morgan fingerprint density at radius 1 is 1.30 bits per heavy atom. The van der Waals surface area contributed by atoms with Crippen LogP contribution < -0.4 is 10.1 Å². The fraction of sp³-hybridized carbons (Fsp3) is 0.611. The van der Waals surface area contributed by atoms with Gasteiger partial charge in [0.2, 0.25) is 0 Å². The molecule has 0 saturated carbocycles. The van der Waals surface area contributed by atoms with Gasteiger partial charge in [0, 0.05) is 12.1 Å². The highest BCUT2D eigenvalue weighted by molar-refractivity contribution is 5.73. The van der Waals surface area contributed by atoms with Crippen LogP contribution in [0.15, 0.2) is 18.2 Å². The molecule has 1 aliphatic heterocycles. The van der Waals surface area contributed by atoms with Crippen LogP contribution in [0.2, 0.25) is 0 Å². The normalized spacial score (nSPS) is 21.5. The molecule has 0 radical (unpaired) electrons. The zero-order valence-electron chi connectivity index (χ0n) is 14.5.